The first-order chi connectivity index (χ1) is 13.7. The first kappa shape index (κ1) is 20.7. The van der Waals surface area contributed by atoms with Gasteiger partial charge in [0.15, 0.2) is 12.4 Å². The van der Waals surface area contributed by atoms with Gasteiger partial charge in [-0.05, 0) is 32.0 Å². The number of hydrogen-bond donors (Lipinski definition) is 2. The molecule has 0 aliphatic heterocycles. The average molecular weight is 438 g/mol. The molecule has 0 unspecified atom stereocenters. The topological polar surface area (TPSA) is 111 Å². The number of halogens is 2. The Morgan fingerprint density at radius 1 is 1.24 bits per heavy atom. The Morgan fingerprint density at radius 3 is 2.62 bits per heavy atom. The Kier molecular flexibility index (Phi) is 5.81. The van der Waals surface area contributed by atoms with E-state index in [2.05, 4.69) is 15.5 Å². The van der Waals surface area contributed by atoms with Gasteiger partial charge in [-0.25, -0.2) is 9.48 Å². The quantitative estimate of drug-likeness (QED) is 0.609. The molecule has 0 bridgehead atoms. The minimum Gasteiger partial charge on any atom is -0.476 e. The van der Waals surface area contributed by atoms with Crippen LogP contribution in [0.5, 0.6) is 5.75 Å². The summed E-state index contributed by atoms with van der Waals surface area (Å²) in [7, 11) is 1.54. The van der Waals surface area contributed by atoms with Gasteiger partial charge < -0.3 is 15.2 Å². The van der Waals surface area contributed by atoms with Crippen molar-refractivity contribution in [3.05, 3.63) is 57.1 Å². The maximum atomic E-state index is 12.6. The van der Waals surface area contributed by atoms with E-state index in [0.29, 0.717) is 32.9 Å². The van der Waals surface area contributed by atoms with Gasteiger partial charge in [0, 0.05) is 18.3 Å². The van der Waals surface area contributed by atoms with Gasteiger partial charge in [-0.2, -0.15) is 10.2 Å². The van der Waals surface area contributed by atoms with Crippen LogP contribution in [0, 0.1) is 13.8 Å². The Labute approximate surface area is 175 Å². The van der Waals surface area contributed by atoms with E-state index in [9.17, 15) is 14.7 Å². The van der Waals surface area contributed by atoms with Gasteiger partial charge in [0.2, 0.25) is 0 Å². The van der Waals surface area contributed by atoms with Crippen molar-refractivity contribution in [1.29, 1.82) is 0 Å². The predicted octanol–water partition coefficient (Wildman–Crippen LogP) is 3.53. The van der Waals surface area contributed by atoms with Crippen LogP contribution in [0.25, 0.3) is 0 Å². The normalized spacial score (nSPS) is 10.8. The number of amides is 1. The lowest BCUT2D eigenvalue weighted by molar-refractivity contribution is 0.0685. The molecule has 0 atom stereocenters. The van der Waals surface area contributed by atoms with Crippen LogP contribution in [0.1, 0.15) is 32.2 Å². The van der Waals surface area contributed by atoms with Gasteiger partial charge in [-0.15, -0.1) is 0 Å². The van der Waals surface area contributed by atoms with Crippen molar-refractivity contribution in [2.75, 3.05) is 5.32 Å². The van der Waals surface area contributed by atoms with Crippen LogP contribution in [-0.4, -0.2) is 36.5 Å². The van der Waals surface area contributed by atoms with Gasteiger partial charge in [0.25, 0.3) is 5.91 Å². The molecule has 0 saturated carbocycles. The highest BCUT2D eigenvalue weighted by molar-refractivity contribution is 6.35. The van der Waals surface area contributed by atoms with Gasteiger partial charge in [0.1, 0.15) is 5.75 Å². The van der Waals surface area contributed by atoms with Gasteiger partial charge in [-0.1, -0.05) is 23.2 Å². The fourth-order valence-corrected chi connectivity index (χ4v) is 3.18. The van der Waals surface area contributed by atoms with Crippen LogP contribution in [0.15, 0.2) is 24.4 Å². The zero-order valence-corrected chi connectivity index (χ0v) is 17.2. The van der Waals surface area contributed by atoms with Crippen molar-refractivity contribution in [2.45, 2.75) is 20.6 Å². The fourth-order valence-electron chi connectivity index (χ4n) is 2.72. The molecule has 29 heavy (non-hydrogen) atoms. The lowest BCUT2D eigenvalue weighted by Gasteiger charge is -2.10. The minimum absolute atomic E-state index is 0.0456. The number of rotatable bonds is 6. The summed E-state index contributed by atoms with van der Waals surface area (Å²) in [6, 6.07) is 4.87. The van der Waals surface area contributed by atoms with Crippen LogP contribution in [0.3, 0.4) is 0 Å². The van der Waals surface area contributed by atoms with E-state index in [4.69, 9.17) is 27.9 Å². The molecule has 2 aromatic heterocycles. The summed E-state index contributed by atoms with van der Waals surface area (Å²) in [4.78, 5) is 23.9. The SMILES string of the molecule is Cc1nn(COc2ccc(Cl)cc2Cl)c(C)c1NC(=O)c1cn(C)nc1C(=O)O. The van der Waals surface area contributed by atoms with E-state index >= 15 is 0 Å². The number of aromatic carboxylic acids is 1. The van der Waals surface area contributed by atoms with Crippen molar-refractivity contribution < 1.29 is 19.4 Å². The van der Waals surface area contributed by atoms with Crippen molar-refractivity contribution >= 4 is 40.8 Å². The molecule has 2 heterocycles. The second-order valence-electron chi connectivity index (χ2n) is 6.22. The summed E-state index contributed by atoms with van der Waals surface area (Å²) in [6.45, 7) is 3.52. The molecule has 3 rings (SSSR count). The second-order valence-corrected chi connectivity index (χ2v) is 7.06. The van der Waals surface area contributed by atoms with Crippen molar-refractivity contribution in [1.82, 2.24) is 19.6 Å². The average Bonchev–Trinajstić information content (AvgIpc) is 3.16. The number of aryl methyl sites for hydroxylation is 2. The first-order valence-electron chi connectivity index (χ1n) is 8.37. The molecule has 1 aromatic carbocycles. The number of anilines is 1. The maximum absolute atomic E-state index is 12.6. The van der Waals surface area contributed by atoms with Crippen molar-refractivity contribution in [3.8, 4) is 5.75 Å². The van der Waals surface area contributed by atoms with Crippen LogP contribution in [-0.2, 0) is 13.8 Å². The number of carbonyl (C=O) groups is 2. The number of hydrogen-bond acceptors (Lipinski definition) is 5. The molecule has 11 heteroatoms. The van der Waals surface area contributed by atoms with Crippen LogP contribution in [0.4, 0.5) is 5.69 Å². The number of nitrogens with one attached hydrogen (secondary N) is 1. The summed E-state index contributed by atoms with van der Waals surface area (Å²) >= 11 is 12.0. The van der Waals surface area contributed by atoms with E-state index < -0.39 is 11.9 Å². The molecule has 0 fully saturated rings. The molecule has 0 saturated heterocycles. The fraction of sp³-hybridized carbons (Fsp3) is 0.222. The van der Waals surface area contributed by atoms with Crippen LogP contribution < -0.4 is 10.1 Å². The van der Waals surface area contributed by atoms with Gasteiger partial charge in [0.05, 0.1) is 27.7 Å². The third-order valence-electron chi connectivity index (χ3n) is 4.13. The van der Waals surface area contributed by atoms with Crippen LogP contribution in [0.2, 0.25) is 10.0 Å². The number of aromatic nitrogens is 4. The molecule has 2 N–H and O–H groups in total. The first-order valence-corrected chi connectivity index (χ1v) is 9.13. The maximum Gasteiger partial charge on any atom is 0.357 e. The Morgan fingerprint density at radius 2 is 1.97 bits per heavy atom. The largest absolute Gasteiger partial charge is 0.476 e. The zero-order valence-electron chi connectivity index (χ0n) is 15.7. The smallest absolute Gasteiger partial charge is 0.357 e. The molecule has 1 amide bonds. The van der Waals surface area contributed by atoms with Gasteiger partial charge in [-0.3, -0.25) is 9.48 Å². The summed E-state index contributed by atoms with van der Waals surface area (Å²) in [5, 5.41) is 20.9. The van der Waals surface area contributed by atoms with Crippen LogP contribution >= 0.6 is 23.2 Å². The van der Waals surface area contributed by atoms with Crippen molar-refractivity contribution in [3.63, 3.8) is 0 Å². The standard InChI is InChI=1S/C18H17Cl2N5O4/c1-9-15(21-17(26)12-7-24(3)23-16(12)18(27)28)10(2)25(22-9)8-29-14-5-4-11(19)6-13(14)20/h4-7H,8H2,1-3H3,(H,21,26)(H,27,28). The van der Waals surface area contributed by atoms with E-state index in [0.717, 1.165) is 0 Å². The molecular weight excluding hydrogens is 421 g/mol. The summed E-state index contributed by atoms with van der Waals surface area (Å²) < 4.78 is 8.50. The molecule has 0 spiro atoms. The zero-order chi connectivity index (χ0) is 21.3. The molecule has 152 valence electrons. The lowest BCUT2D eigenvalue weighted by atomic mass is 10.2. The number of nitrogens with zero attached hydrogens (tertiary/aromatic N) is 4. The minimum atomic E-state index is -1.28. The Bertz CT molecular complexity index is 1110. The number of ether oxygens (including phenoxy) is 1. The number of carbonyl (C=O) groups excluding carboxylic acids is 1. The highest BCUT2D eigenvalue weighted by Gasteiger charge is 2.23. The second kappa shape index (κ2) is 8.14. The molecule has 9 nitrogen and oxygen atoms in total. The van der Waals surface area contributed by atoms with Crippen molar-refractivity contribution in [2.24, 2.45) is 7.05 Å². The highest BCUT2D eigenvalue weighted by Crippen LogP contribution is 2.28. The highest BCUT2D eigenvalue weighted by atomic mass is 35.5. The number of benzene rings is 1. The van der Waals surface area contributed by atoms with E-state index in [1.807, 2.05) is 0 Å². The van der Waals surface area contributed by atoms with E-state index in [1.54, 1.807) is 36.7 Å². The third kappa shape index (κ3) is 4.36. The molecular formula is C18H17Cl2N5O4. The summed E-state index contributed by atoms with van der Waals surface area (Å²) in [5.74, 6) is -1.44. The summed E-state index contributed by atoms with van der Waals surface area (Å²) in [6.07, 6.45) is 1.35. The molecule has 0 radical (unpaired) electrons. The number of carboxylic acid groups (broad SMARTS) is 1. The Hall–Kier alpha value is -3.04. The molecule has 0 aliphatic carbocycles. The Balaban J connectivity index is 1.79. The number of carboxylic acids is 1. The van der Waals surface area contributed by atoms with Gasteiger partial charge >= 0.3 is 5.97 Å². The summed E-state index contributed by atoms with van der Waals surface area (Å²) in [5.41, 5.74) is 1.26. The predicted molar refractivity (Wildman–Crippen MR) is 107 cm³/mol. The molecule has 3 aromatic rings. The third-order valence-corrected chi connectivity index (χ3v) is 4.66. The van der Waals surface area contributed by atoms with E-state index in [-0.39, 0.29) is 18.0 Å². The lowest BCUT2D eigenvalue weighted by Crippen LogP contribution is -2.16. The monoisotopic (exact) mass is 437 g/mol. The van der Waals surface area contributed by atoms with E-state index in [1.165, 1.54) is 17.9 Å². The molecule has 0 aliphatic rings.